The molecule has 1 rings (SSSR count). The number of hydrogen-bond donors (Lipinski definition) is 0. The van der Waals surface area contributed by atoms with Crippen LogP contribution in [0.5, 0.6) is 0 Å². The van der Waals surface area contributed by atoms with Gasteiger partial charge in [-0.05, 0) is 44.6 Å². The zero-order chi connectivity index (χ0) is 9.30. The summed E-state index contributed by atoms with van der Waals surface area (Å²) in [5.74, 6) is -0.593. The van der Waals surface area contributed by atoms with Crippen LogP contribution in [0.15, 0.2) is 16.6 Å². The van der Waals surface area contributed by atoms with Crippen molar-refractivity contribution in [2.24, 2.45) is 0 Å². The van der Waals surface area contributed by atoms with E-state index in [0.29, 0.717) is 3.57 Å². The van der Waals surface area contributed by atoms with Gasteiger partial charge in [-0.3, -0.25) is 10.1 Å². The van der Waals surface area contributed by atoms with Gasteiger partial charge in [0.2, 0.25) is 0 Å². The maximum atomic E-state index is 13.0. The smallest absolute Gasteiger partial charge is 0.258 e. The van der Waals surface area contributed by atoms with Crippen molar-refractivity contribution in [2.45, 2.75) is 0 Å². The third-order valence-electron chi connectivity index (χ3n) is 1.21. The van der Waals surface area contributed by atoms with Gasteiger partial charge in [0.05, 0.1) is 8.49 Å². The lowest BCUT2D eigenvalue weighted by molar-refractivity contribution is -0.385. The van der Waals surface area contributed by atoms with E-state index in [2.05, 4.69) is 15.9 Å². The predicted octanol–water partition coefficient (Wildman–Crippen LogP) is 3.10. The molecule has 0 spiro atoms. The highest BCUT2D eigenvalue weighted by molar-refractivity contribution is 14.1. The van der Waals surface area contributed by atoms with E-state index in [-0.39, 0.29) is 10.2 Å². The Balaban J connectivity index is 3.36. The molecule has 0 saturated carbocycles. The molecule has 0 amide bonds. The van der Waals surface area contributed by atoms with E-state index < -0.39 is 10.7 Å². The van der Waals surface area contributed by atoms with Crippen LogP contribution in [0.25, 0.3) is 0 Å². The first kappa shape index (κ1) is 9.85. The van der Waals surface area contributed by atoms with Crippen molar-refractivity contribution in [3.8, 4) is 0 Å². The van der Waals surface area contributed by atoms with Gasteiger partial charge in [-0.2, -0.15) is 0 Å². The van der Waals surface area contributed by atoms with E-state index in [1.165, 1.54) is 12.1 Å². The Kier molecular flexibility index (Phi) is 2.99. The van der Waals surface area contributed by atoms with E-state index in [0.717, 1.165) is 0 Å². The van der Waals surface area contributed by atoms with E-state index in [4.69, 9.17) is 0 Å². The van der Waals surface area contributed by atoms with Gasteiger partial charge < -0.3 is 0 Å². The van der Waals surface area contributed by atoms with Gasteiger partial charge in [-0.15, -0.1) is 0 Å². The molecular weight excluding hydrogens is 344 g/mol. The van der Waals surface area contributed by atoms with Crippen LogP contribution in [0, 0.1) is 19.5 Å². The van der Waals surface area contributed by atoms with Crippen molar-refractivity contribution in [3.63, 3.8) is 0 Å². The molecule has 3 nitrogen and oxygen atoms in total. The molecule has 0 aliphatic carbocycles. The molecule has 0 atom stereocenters. The van der Waals surface area contributed by atoms with Gasteiger partial charge in [0.15, 0.2) is 5.82 Å². The first-order valence-corrected chi connectivity index (χ1v) is 4.69. The molecule has 0 unspecified atom stereocenters. The van der Waals surface area contributed by atoms with Gasteiger partial charge >= 0.3 is 0 Å². The zero-order valence-corrected chi connectivity index (χ0v) is 9.30. The molecule has 0 aromatic heterocycles. The van der Waals surface area contributed by atoms with Gasteiger partial charge in [0.25, 0.3) is 5.69 Å². The predicted molar refractivity (Wildman–Crippen MR) is 53.5 cm³/mol. The van der Waals surface area contributed by atoms with Crippen molar-refractivity contribution < 1.29 is 9.31 Å². The van der Waals surface area contributed by atoms with Crippen LogP contribution in [-0.2, 0) is 0 Å². The molecule has 0 radical (unpaired) electrons. The second-order valence-corrected chi connectivity index (χ2v) is 3.91. The SMILES string of the molecule is O=[N+]([O-])c1ccc(I)c(F)c1Br. The number of benzene rings is 1. The molecule has 0 fully saturated rings. The topological polar surface area (TPSA) is 43.1 Å². The Labute approximate surface area is 89.4 Å². The van der Waals surface area contributed by atoms with Gasteiger partial charge in [0.1, 0.15) is 4.47 Å². The summed E-state index contributed by atoms with van der Waals surface area (Å²) in [7, 11) is 0. The second kappa shape index (κ2) is 3.65. The number of hydrogen-bond acceptors (Lipinski definition) is 2. The first-order valence-electron chi connectivity index (χ1n) is 2.82. The number of rotatable bonds is 1. The van der Waals surface area contributed by atoms with Crippen LogP contribution < -0.4 is 0 Å². The summed E-state index contributed by atoms with van der Waals surface area (Å²) < 4.78 is 13.2. The third-order valence-corrected chi connectivity index (χ3v) is 2.80. The van der Waals surface area contributed by atoms with E-state index in [9.17, 15) is 14.5 Å². The minimum atomic E-state index is -0.636. The van der Waals surface area contributed by atoms with E-state index in [1.807, 2.05) is 0 Å². The lowest BCUT2D eigenvalue weighted by Gasteiger charge is -1.97. The Morgan fingerprint density at radius 3 is 2.67 bits per heavy atom. The van der Waals surface area contributed by atoms with Gasteiger partial charge in [0, 0.05) is 6.07 Å². The third kappa shape index (κ3) is 1.74. The quantitative estimate of drug-likeness (QED) is 0.340. The molecule has 64 valence electrons. The average molecular weight is 346 g/mol. The summed E-state index contributed by atoms with van der Waals surface area (Å²) in [5, 5.41) is 10.3. The fraction of sp³-hybridized carbons (Fsp3) is 0. The fourth-order valence-corrected chi connectivity index (χ4v) is 1.97. The Bertz CT molecular complexity index is 345. The second-order valence-electron chi connectivity index (χ2n) is 1.95. The van der Waals surface area contributed by atoms with E-state index >= 15 is 0 Å². The molecule has 0 bridgehead atoms. The van der Waals surface area contributed by atoms with Crippen molar-refractivity contribution in [1.29, 1.82) is 0 Å². The van der Waals surface area contributed by atoms with Gasteiger partial charge in [-0.25, -0.2) is 4.39 Å². The number of halogens is 3. The summed E-state index contributed by atoms with van der Waals surface area (Å²) >= 11 is 4.57. The van der Waals surface area contributed by atoms with Crippen molar-refractivity contribution in [1.82, 2.24) is 0 Å². The Morgan fingerprint density at radius 2 is 2.17 bits per heavy atom. The summed E-state index contributed by atoms with van der Waals surface area (Å²) in [5.41, 5.74) is -0.257. The summed E-state index contributed by atoms with van der Waals surface area (Å²) in [6.07, 6.45) is 0. The molecule has 6 heteroatoms. The summed E-state index contributed by atoms with van der Waals surface area (Å²) in [6.45, 7) is 0. The Hall–Kier alpha value is -0.240. The number of nitro benzene ring substituents is 1. The standard InChI is InChI=1S/C6H2BrFINO2/c7-5-4(10(11)12)2-1-3(9)6(5)8/h1-2H. The van der Waals surface area contributed by atoms with Crippen LogP contribution in [0.4, 0.5) is 10.1 Å². The maximum Gasteiger partial charge on any atom is 0.286 e. The highest BCUT2D eigenvalue weighted by Gasteiger charge is 2.17. The van der Waals surface area contributed by atoms with Crippen molar-refractivity contribution >= 4 is 44.2 Å². The van der Waals surface area contributed by atoms with Gasteiger partial charge in [-0.1, -0.05) is 0 Å². The lowest BCUT2D eigenvalue weighted by Crippen LogP contribution is -1.93. The summed E-state index contributed by atoms with van der Waals surface area (Å²) in [6, 6.07) is 2.62. The molecule has 1 aromatic rings. The van der Waals surface area contributed by atoms with Crippen LogP contribution in [0.3, 0.4) is 0 Å². The monoisotopic (exact) mass is 345 g/mol. The van der Waals surface area contributed by atoms with Crippen LogP contribution in [0.2, 0.25) is 0 Å². The number of nitrogens with zero attached hydrogens (tertiary/aromatic N) is 1. The maximum absolute atomic E-state index is 13.0. The molecule has 0 saturated heterocycles. The molecular formula is C6H2BrFINO2. The van der Waals surface area contributed by atoms with Crippen molar-refractivity contribution in [3.05, 3.63) is 36.1 Å². The highest BCUT2D eigenvalue weighted by Crippen LogP contribution is 2.29. The normalized spacial score (nSPS) is 9.92. The van der Waals surface area contributed by atoms with Crippen LogP contribution in [0.1, 0.15) is 0 Å². The first-order chi connectivity index (χ1) is 5.54. The van der Waals surface area contributed by atoms with Crippen LogP contribution in [-0.4, -0.2) is 4.92 Å². The van der Waals surface area contributed by atoms with Crippen LogP contribution >= 0.6 is 38.5 Å². The van der Waals surface area contributed by atoms with Crippen molar-refractivity contribution in [2.75, 3.05) is 0 Å². The zero-order valence-electron chi connectivity index (χ0n) is 5.55. The fourth-order valence-electron chi connectivity index (χ4n) is 0.657. The largest absolute Gasteiger partial charge is 0.286 e. The number of nitro groups is 1. The average Bonchev–Trinajstić information content (AvgIpc) is 2.00. The highest BCUT2D eigenvalue weighted by atomic mass is 127. The molecule has 0 aliphatic rings. The molecule has 12 heavy (non-hydrogen) atoms. The minimum Gasteiger partial charge on any atom is -0.258 e. The summed E-state index contributed by atoms with van der Waals surface area (Å²) in [4.78, 5) is 9.66. The minimum absolute atomic E-state index is 0.0978. The molecule has 0 N–H and O–H groups in total. The molecule has 0 aliphatic heterocycles. The molecule has 0 heterocycles. The van der Waals surface area contributed by atoms with E-state index in [1.54, 1.807) is 22.6 Å². The molecule has 1 aromatic carbocycles. The lowest BCUT2D eigenvalue weighted by atomic mass is 10.3. The Morgan fingerprint density at radius 1 is 1.58 bits per heavy atom.